The molecule has 94 valence electrons. The van der Waals surface area contributed by atoms with E-state index in [-0.39, 0.29) is 0 Å². The van der Waals surface area contributed by atoms with Crippen molar-refractivity contribution in [2.75, 3.05) is 31.1 Å². The van der Waals surface area contributed by atoms with E-state index in [0.29, 0.717) is 0 Å². The van der Waals surface area contributed by atoms with Gasteiger partial charge in [0.2, 0.25) is 0 Å². The highest BCUT2D eigenvalue weighted by molar-refractivity contribution is 7.14. The number of nitrogens with one attached hydrogen (secondary N) is 1. The minimum atomic E-state index is 0.884. The van der Waals surface area contributed by atoms with Crippen LogP contribution in [0.15, 0.2) is 17.8 Å². The number of aromatic nitrogens is 3. The summed E-state index contributed by atoms with van der Waals surface area (Å²) < 4.78 is 0. The van der Waals surface area contributed by atoms with Crippen LogP contribution >= 0.6 is 11.3 Å². The van der Waals surface area contributed by atoms with Gasteiger partial charge in [-0.2, -0.15) is 0 Å². The summed E-state index contributed by atoms with van der Waals surface area (Å²) in [6, 6.07) is 0. The maximum atomic E-state index is 4.68. The first kappa shape index (κ1) is 11.6. The highest BCUT2D eigenvalue weighted by atomic mass is 32.1. The molecule has 0 saturated carbocycles. The van der Waals surface area contributed by atoms with Crippen molar-refractivity contribution in [1.82, 2.24) is 20.3 Å². The lowest BCUT2D eigenvalue weighted by Gasteiger charge is -2.26. The summed E-state index contributed by atoms with van der Waals surface area (Å²) >= 11 is 1.68. The van der Waals surface area contributed by atoms with Crippen LogP contribution < -0.4 is 10.2 Å². The molecule has 0 spiro atoms. The third-order valence-corrected chi connectivity index (χ3v) is 3.90. The quantitative estimate of drug-likeness (QED) is 0.883. The van der Waals surface area contributed by atoms with E-state index in [4.69, 9.17) is 0 Å². The lowest BCUT2D eigenvalue weighted by Crippen LogP contribution is -2.43. The van der Waals surface area contributed by atoms with E-state index < -0.39 is 0 Å². The zero-order chi connectivity index (χ0) is 12.4. The van der Waals surface area contributed by atoms with E-state index in [2.05, 4.69) is 30.5 Å². The molecule has 0 aliphatic carbocycles. The highest BCUT2D eigenvalue weighted by Gasteiger charge is 2.15. The Morgan fingerprint density at radius 3 is 2.78 bits per heavy atom. The molecule has 2 aromatic rings. The molecule has 1 aliphatic rings. The Morgan fingerprint density at radius 2 is 2.00 bits per heavy atom. The van der Waals surface area contributed by atoms with E-state index in [1.807, 2.05) is 6.92 Å². The van der Waals surface area contributed by atoms with E-state index in [1.165, 1.54) is 0 Å². The second-order valence-corrected chi connectivity index (χ2v) is 5.08. The molecule has 0 atom stereocenters. The summed E-state index contributed by atoms with van der Waals surface area (Å²) in [5.74, 6) is 0. The van der Waals surface area contributed by atoms with Gasteiger partial charge in [0.1, 0.15) is 11.4 Å². The molecular weight excluding hydrogens is 246 g/mol. The zero-order valence-corrected chi connectivity index (χ0v) is 11.1. The third-order valence-electron chi connectivity index (χ3n) is 3.00. The molecule has 2 aromatic heterocycles. The summed E-state index contributed by atoms with van der Waals surface area (Å²) in [7, 11) is 0. The molecule has 0 aromatic carbocycles. The van der Waals surface area contributed by atoms with Gasteiger partial charge in [0.05, 0.1) is 5.69 Å². The average Bonchev–Trinajstić information content (AvgIpc) is 2.90. The smallest absolute Gasteiger partial charge is 0.186 e. The Labute approximate surface area is 110 Å². The van der Waals surface area contributed by atoms with Crippen LogP contribution in [0.2, 0.25) is 0 Å². The average molecular weight is 261 g/mol. The molecule has 6 heteroatoms. The van der Waals surface area contributed by atoms with Gasteiger partial charge in [0.25, 0.3) is 0 Å². The van der Waals surface area contributed by atoms with Crippen LogP contribution in [0, 0.1) is 6.92 Å². The van der Waals surface area contributed by atoms with Crippen molar-refractivity contribution in [3.05, 3.63) is 23.5 Å². The van der Waals surface area contributed by atoms with E-state index in [1.54, 1.807) is 23.7 Å². The number of hydrogen-bond acceptors (Lipinski definition) is 6. The van der Waals surface area contributed by atoms with Gasteiger partial charge in [0.15, 0.2) is 5.13 Å². The van der Waals surface area contributed by atoms with Gasteiger partial charge >= 0.3 is 0 Å². The number of nitrogens with zero attached hydrogens (tertiary/aromatic N) is 4. The van der Waals surface area contributed by atoms with Gasteiger partial charge in [-0.3, -0.25) is 9.97 Å². The van der Waals surface area contributed by atoms with Crippen molar-refractivity contribution in [2.24, 2.45) is 0 Å². The predicted molar refractivity (Wildman–Crippen MR) is 73.0 cm³/mol. The van der Waals surface area contributed by atoms with Gasteiger partial charge in [-0.1, -0.05) is 0 Å². The first-order chi connectivity index (χ1) is 8.84. The van der Waals surface area contributed by atoms with Crippen LogP contribution in [0.4, 0.5) is 5.13 Å². The molecule has 0 radical (unpaired) electrons. The monoisotopic (exact) mass is 261 g/mol. The van der Waals surface area contributed by atoms with Gasteiger partial charge < -0.3 is 10.2 Å². The van der Waals surface area contributed by atoms with E-state index in [9.17, 15) is 0 Å². The molecular formula is C12H15N5S. The van der Waals surface area contributed by atoms with Crippen LogP contribution in [0.1, 0.15) is 5.69 Å². The summed E-state index contributed by atoms with van der Waals surface area (Å²) in [5, 5.41) is 6.49. The number of rotatable bonds is 2. The second kappa shape index (κ2) is 4.99. The van der Waals surface area contributed by atoms with Crippen molar-refractivity contribution in [1.29, 1.82) is 0 Å². The van der Waals surface area contributed by atoms with Crippen LogP contribution in [-0.4, -0.2) is 41.1 Å². The van der Waals surface area contributed by atoms with Crippen LogP contribution in [0.3, 0.4) is 0 Å². The van der Waals surface area contributed by atoms with Crippen LogP contribution in [0.25, 0.3) is 11.4 Å². The van der Waals surface area contributed by atoms with E-state index in [0.717, 1.165) is 48.4 Å². The van der Waals surface area contributed by atoms with Gasteiger partial charge in [-0.25, -0.2) is 4.98 Å². The van der Waals surface area contributed by atoms with Crippen molar-refractivity contribution < 1.29 is 0 Å². The molecule has 1 N–H and O–H groups in total. The van der Waals surface area contributed by atoms with Gasteiger partial charge in [-0.15, -0.1) is 11.3 Å². The van der Waals surface area contributed by atoms with Crippen molar-refractivity contribution in [2.45, 2.75) is 6.92 Å². The molecule has 3 heterocycles. The SMILES string of the molecule is Cc1nccnc1-c1csc(N2CCNCC2)n1. The largest absolute Gasteiger partial charge is 0.346 e. The normalized spacial score (nSPS) is 15.9. The number of hydrogen-bond donors (Lipinski definition) is 1. The zero-order valence-electron chi connectivity index (χ0n) is 10.3. The molecule has 1 fully saturated rings. The predicted octanol–water partition coefficient (Wildman–Crippen LogP) is 1.32. The fourth-order valence-electron chi connectivity index (χ4n) is 2.03. The Hall–Kier alpha value is -1.53. The van der Waals surface area contributed by atoms with Crippen molar-refractivity contribution >= 4 is 16.5 Å². The lowest BCUT2D eigenvalue weighted by molar-refractivity contribution is 0.588. The highest BCUT2D eigenvalue weighted by Crippen LogP contribution is 2.27. The van der Waals surface area contributed by atoms with E-state index >= 15 is 0 Å². The minimum absolute atomic E-state index is 0.884. The molecule has 1 aliphatic heterocycles. The standard InChI is InChI=1S/C12H15N5S/c1-9-11(15-3-2-14-9)10-8-18-12(16-10)17-6-4-13-5-7-17/h2-3,8,13H,4-7H2,1H3. The lowest BCUT2D eigenvalue weighted by atomic mass is 10.3. The first-order valence-electron chi connectivity index (χ1n) is 6.04. The molecule has 5 nitrogen and oxygen atoms in total. The summed E-state index contributed by atoms with van der Waals surface area (Å²) in [6.45, 7) is 6.06. The topological polar surface area (TPSA) is 53.9 Å². The summed E-state index contributed by atoms with van der Waals surface area (Å²) in [4.78, 5) is 15.6. The number of aryl methyl sites for hydroxylation is 1. The number of thiazole rings is 1. The van der Waals surface area contributed by atoms with Crippen LogP contribution in [0.5, 0.6) is 0 Å². The van der Waals surface area contributed by atoms with Gasteiger partial charge in [0, 0.05) is 44.0 Å². The maximum Gasteiger partial charge on any atom is 0.186 e. The summed E-state index contributed by atoms with van der Waals surface area (Å²) in [6.07, 6.45) is 3.43. The number of anilines is 1. The second-order valence-electron chi connectivity index (χ2n) is 4.24. The Morgan fingerprint density at radius 1 is 1.22 bits per heavy atom. The third kappa shape index (κ3) is 2.21. The Balaban J connectivity index is 1.87. The van der Waals surface area contributed by atoms with Gasteiger partial charge in [-0.05, 0) is 6.92 Å². The fraction of sp³-hybridized carbons (Fsp3) is 0.417. The molecule has 0 amide bonds. The molecule has 18 heavy (non-hydrogen) atoms. The Kier molecular flexibility index (Phi) is 3.21. The first-order valence-corrected chi connectivity index (χ1v) is 6.92. The van der Waals surface area contributed by atoms with Crippen molar-refractivity contribution in [3.8, 4) is 11.4 Å². The molecule has 1 saturated heterocycles. The molecule has 0 bridgehead atoms. The fourth-order valence-corrected chi connectivity index (χ4v) is 2.90. The van der Waals surface area contributed by atoms with Crippen LogP contribution in [-0.2, 0) is 0 Å². The minimum Gasteiger partial charge on any atom is -0.346 e. The summed E-state index contributed by atoms with van der Waals surface area (Å²) in [5.41, 5.74) is 2.74. The number of piperazine rings is 1. The Bertz CT molecular complexity index is 533. The maximum absolute atomic E-state index is 4.68. The molecule has 3 rings (SSSR count). The molecule has 0 unspecified atom stereocenters. The van der Waals surface area contributed by atoms with Crippen molar-refractivity contribution in [3.63, 3.8) is 0 Å².